The van der Waals surface area contributed by atoms with Crippen LogP contribution in [0.25, 0.3) is 15.9 Å². The van der Waals surface area contributed by atoms with Gasteiger partial charge < -0.3 is 14.7 Å². The van der Waals surface area contributed by atoms with Gasteiger partial charge in [-0.3, -0.25) is 4.90 Å². The van der Waals surface area contributed by atoms with Crippen LogP contribution in [0.4, 0.5) is 5.95 Å². The van der Waals surface area contributed by atoms with Crippen molar-refractivity contribution in [3.63, 3.8) is 0 Å². The summed E-state index contributed by atoms with van der Waals surface area (Å²) in [4.78, 5) is 16.4. The summed E-state index contributed by atoms with van der Waals surface area (Å²) in [6, 6.07) is 0. The van der Waals surface area contributed by atoms with E-state index in [1.165, 1.54) is 10.4 Å². The van der Waals surface area contributed by atoms with E-state index in [0.717, 1.165) is 61.0 Å². The Morgan fingerprint density at radius 3 is 2.85 bits per heavy atom. The Kier molecular flexibility index (Phi) is 4.08. The molecule has 0 aliphatic carbocycles. The molecule has 0 amide bonds. The van der Waals surface area contributed by atoms with Crippen LogP contribution in [0.5, 0.6) is 0 Å². The molecule has 2 aliphatic heterocycles. The second-order valence-corrected chi connectivity index (χ2v) is 8.95. The van der Waals surface area contributed by atoms with Crippen LogP contribution in [-0.2, 0) is 17.8 Å². The number of hydrogen-bond donors (Lipinski definition) is 1. The van der Waals surface area contributed by atoms with Crippen molar-refractivity contribution in [2.75, 3.05) is 44.2 Å². The van der Waals surface area contributed by atoms with Crippen molar-refractivity contribution in [3.8, 4) is 0 Å². The van der Waals surface area contributed by atoms with Crippen LogP contribution in [0.2, 0.25) is 0 Å². The Morgan fingerprint density at radius 1 is 1.26 bits per heavy atom. The van der Waals surface area contributed by atoms with Gasteiger partial charge in [-0.15, -0.1) is 11.3 Å². The van der Waals surface area contributed by atoms with E-state index in [1.807, 2.05) is 4.52 Å². The van der Waals surface area contributed by atoms with Gasteiger partial charge in [0.05, 0.1) is 24.2 Å². The number of ether oxygens (including phenoxy) is 1. The number of thiophene rings is 1. The summed E-state index contributed by atoms with van der Waals surface area (Å²) in [6.07, 6.45) is 2.49. The van der Waals surface area contributed by atoms with Crippen molar-refractivity contribution in [2.45, 2.75) is 32.5 Å². The fraction of sp³-hybridized carbons (Fsp3) is 0.611. The van der Waals surface area contributed by atoms with E-state index < -0.39 is 0 Å². The number of β-amino-alcohol motifs (C(OH)–C–C–N with tert-alkyl or cyclic N) is 1. The van der Waals surface area contributed by atoms with Gasteiger partial charge in [0.2, 0.25) is 5.95 Å². The molecule has 0 aromatic carbocycles. The van der Waals surface area contributed by atoms with Crippen LogP contribution in [0, 0.1) is 0 Å². The molecule has 1 saturated heterocycles. The molecule has 0 atom stereocenters. The van der Waals surface area contributed by atoms with Crippen molar-refractivity contribution >= 4 is 33.1 Å². The molecule has 5 heterocycles. The predicted octanol–water partition coefficient (Wildman–Crippen LogP) is 1.30. The summed E-state index contributed by atoms with van der Waals surface area (Å²) >= 11 is 1.72. The molecule has 1 fully saturated rings. The highest BCUT2D eigenvalue weighted by atomic mass is 32.1. The minimum Gasteiger partial charge on any atom is -0.395 e. The zero-order valence-electron chi connectivity index (χ0n) is 15.7. The van der Waals surface area contributed by atoms with E-state index in [4.69, 9.17) is 14.8 Å². The lowest BCUT2D eigenvalue weighted by atomic mass is 9.94. The van der Waals surface area contributed by atoms with Crippen LogP contribution in [0.15, 0.2) is 6.33 Å². The highest BCUT2D eigenvalue weighted by molar-refractivity contribution is 7.19. The third kappa shape index (κ3) is 2.89. The summed E-state index contributed by atoms with van der Waals surface area (Å²) in [7, 11) is 0. The van der Waals surface area contributed by atoms with Crippen molar-refractivity contribution in [2.24, 2.45) is 0 Å². The maximum Gasteiger partial charge on any atom is 0.230 e. The van der Waals surface area contributed by atoms with Crippen molar-refractivity contribution in [3.05, 3.63) is 16.8 Å². The average molecular weight is 388 g/mol. The molecule has 9 heteroatoms. The predicted molar refractivity (Wildman–Crippen MR) is 104 cm³/mol. The largest absolute Gasteiger partial charge is 0.395 e. The fourth-order valence-electron chi connectivity index (χ4n) is 4.06. The van der Waals surface area contributed by atoms with Crippen LogP contribution in [0.3, 0.4) is 0 Å². The number of rotatable bonds is 3. The van der Waals surface area contributed by atoms with Crippen LogP contribution < -0.4 is 4.90 Å². The number of piperazine rings is 1. The highest BCUT2D eigenvalue weighted by Crippen LogP contribution is 2.40. The second kappa shape index (κ2) is 6.37. The molecule has 0 radical (unpaired) electrons. The standard InChI is InChI=1S/C18H24N6O2S/c1-18(2)9-12-13(10-26-18)27-16-14(12)15-19-11-20-24(15)17(21-16)23-5-3-22(4-6-23)7-8-25/h11,25H,3-10H2,1-2H3. The first-order valence-electron chi connectivity index (χ1n) is 9.42. The molecular weight excluding hydrogens is 364 g/mol. The number of fused-ring (bicyclic) bond motifs is 5. The van der Waals surface area contributed by atoms with Crippen LogP contribution in [-0.4, -0.2) is 74.5 Å². The Hall–Kier alpha value is -1.81. The maximum absolute atomic E-state index is 9.15. The monoisotopic (exact) mass is 388 g/mol. The van der Waals surface area contributed by atoms with Gasteiger partial charge in [0.25, 0.3) is 0 Å². The summed E-state index contributed by atoms with van der Waals surface area (Å²) in [5.74, 6) is 0.859. The summed E-state index contributed by atoms with van der Waals surface area (Å²) in [5.41, 5.74) is 2.04. The number of aliphatic hydroxyl groups is 1. The molecule has 0 bridgehead atoms. The summed E-state index contributed by atoms with van der Waals surface area (Å²) in [5, 5.41) is 14.8. The lowest BCUT2D eigenvalue weighted by Gasteiger charge is -2.34. The van der Waals surface area contributed by atoms with E-state index in [0.29, 0.717) is 6.61 Å². The van der Waals surface area contributed by atoms with E-state index in [2.05, 4.69) is 33.7 Å². The Bertz CT molecular complexity index is 989. The molecule has 1 N–H and O–H groups in total. The Labute approximate surface area is 161 Å². The quantitative estimate of drug-likeness (QED) is 0.725. The number of anilines is 1. The van der Waals surface area contributed by atoms with Gasteiger partial charge in [-0.25, -0.2) is 9.97 Å². The zero-order valence-corrected chi connectivity index (χ0v) is 16.5. The van der Waals surface area contributed by atoms with Gasteiger partial charge in [0.1, 0.15) is 11.2 Å². The summed E-state index contributed by atoms with van der Waals surface area (Å²) < 4.78 is 7.89. The minimum absolute atomic E-state index is 0.167. The van der Waals surface area contributed by atoms with Crippen LogP contribution in [0.1, 0.15) is 24.3 Å². The first-order chi connectivity index (χ1) is 13.1. The second-order valence-electron chi connectivity index (χ2n) is 7.87. The molecule has 0 saturated carbocycles. The molecule has 27 heavy (non-hydrogen) atoms. The molecule has 3 aromatic rings. The van der Waals surface area contributed by atoms with Crippen molar-refractivity contribution < 1.29 is 9.84 Å². The summed E-state index contributed by atoms with van der Waals surface area (Å²) in [6.45, 7) is 9.41. The number of aliphatic hydroxyl groups excluding tert-OH is 1. The van der Waals surface area contributed by atoms with Gasteiger partial charge in [-0.1, -0.05) is 0 Å². The average Bonchev–Trinajstić information content (AvgIpc) is 3.25. The molecule has 0 spiro atoms. The van der Waals surface area contributed by atoms with E-state index in [1.54, 1.807) is 17.7 Å². The Balaban J connectivity index is 1.58. The first-order valence-corrected chi connectivity index (χ1v) is 10.2. The number of aromatic nitrogens is 4. The van der Waals surface area contributed by atoms with Gasteiger partial charge in [-0.05, 0) is 19.4 Å². The van der Waals surface area contributed by atoms with Gasteiger partial charge in [-0.2, -0.15) is 9.61 Å². The highest BCUT2D eigenvalue weighted by Gasteiger charge is 2.32. The maximum atomic E-state index is 9.15. The SMILES string of the molecule is CC1(C)Cc2c(sc3nc(N4CCN(CCO)CC4)n4ncnc4c23)CO1. The molecule has 5 rings (SSSR count). The minimum atomic E-state index is -0.167. The molecule has 3 aromatic heterocycles. The lowest BCUT2D eigenvalue weighted by Crippen LogP contribution is -2.48. The van der Waals surface area contributed by atoms with E-state index in [-0.39, 0.29) is 12.2 Å². The van der Waals surface area contributed by atoms with E-state index in [9.17, 15) is 0 Å². The first kappa shape index (κ1) is 17.3. The molecule has 0 unspecified atom stereocenters. The number of hydrogen-bond acceptors (Lipinski definition) is 8. The van der Waals surface area contributed by atoms with Crippen molar-refractivity contribution in [1.29, 1.82) is 0 Å². The van der Waals surface area contributed by atoms with Gasteiger partial charge in [0.15, 0.2) is 5.65 Å². The number of nitrogens with zero attached hydrogens (tertiary/aromatic N) is 6. The smallest absolute Gasteiger partial charge is 0.230 e. The van der Waals surface area contributed by atoms with Gasteiger partial charge >= 0.3 is 0 Å². The van der Waals surface area contributed by atoms with Crippen molar-refractivity contribution in [1.82, 2.24) is 24.5 Å². The molecule has 144 valence electrons. The fourth-order valence-corrected chi connectivity index (χ4v) is 5.15. The van der Waals surface area contributed by atoms with E-state index >= 15 is 0 Å². The molecule has 8 nitrogen and oxygen atoms in total. The normalized spacial score (nSPS) is 20.5. The molecular formula is C18H24N6O2S. The lowest BCUT2D eigenvalue weighted by molar-refractivity contribution is -0.0379. The molecule has 2 aliphatic rings. The van der Waals surface area contributed by atoms with Gasteiger partial charge in [0, 0.05) is 44.0 Å². The third-order valence-electron chi connectivity index (χ3n) is 5.50. The zero-order chi connectivity index (χ0) is 18.6. The topological polar surface area (TPSA) is 79.0 Å². The third-order valence-corrected chi connectivity index (χ3v) is 6.60. The van der Waals surface area contributed by atoms with Crippen LogP contribution >= 0.6 is 11.3 Å². The Morgan fingerprint density at radius 2 is 2.07 bits per heavy atom.